The Hall–Kier alpha value is -4.06. The highest BCUT2D eigenvalue weighted by Gasteiger charge is 2.40. The Morgan fingerprint density at radius 1 is 0.882 bits per heavy atom. The molecule has 0 spiro atoms. The second kappa shape index (κ2) is 9.83. The lowest BCUT2D eigenvalue weighted by molar-refractivity contribution is -0.120. The maximum absolute atomic E-state index is 13.6. The quantitative estimate of drug-likeness (QED) is 0.457. The van der Waals surface area contributed by atoms with Crippen molar-refractivity contribution in [3.63, 3.8) is 0 Å². The average molecular weight is 457 g/mol. The molecule has 1 heterocycles. The Bertz CT molecular complexity index is 1230. The number of carbonyl (C=O) groups is 2. The number of hydrogen-bond donors (Lipinski definition) is 1. The van der Waals surface area contributed by atoms with Crippen LogP contribution in [0.25, 0.3) is 5.57 Å². The summed E-state index contributed by atoms with van der Waals surface area (Å²) >= 11 is 0. The van der Waals surface area contributed by atoms with Crippen LogP contribution in [0.2, 0.25) is 0 Å². The molecule has 0 unspecified atom stereocenters. The molecule has 0 atom stereocenters. The zero-order valence-electron chi connectivity index (χ0n) is 19.8. The van der Waals surface area contributed by atoms with Gasteiger partial charge in [0.05, 0.1) is 24.5 Å². The van der Waals surface area contributed by atoms with Gasteiger partial charge in [-0.15, -0.1) is 0 Å². The molecule has 6 nitrogen and oxygen atoms in total. The summed E-state index contributed by atoms with van der Waals surface area (Å²) < 4.78 is 11.0. The number of rotatable bonds is 8. The normalized spacial score (nSPS) is 13.6. The maximum atomic E-state index is 13.6. The molecule has 0 saturated heterocycles. The third-order valence-corrected chi connectivity index (χ3v) is 5.54. The van der Waals surface area contributed by atoms with E-state index in [0.29, 0.717) is 34.0 Å². The summed E-state index contributed by atoms with van der Waals surface area (Å²) in [6.07, 6.45) is 0.908. The summed E-state index contributed by atoms with van der Waals surface area (Å²) in [6.45, 7) is 5.96. The first-order valence-corrected chi connectivity index (χ1v) is 11.3. The van der Waals surface area contributed by atoms with Gasteiger partial charge in [-0.05, 0) is 67.8 Å². The van der Waals surface area contributed by atoms with Crippen LogP contribution in [0.4, 0.5) is 11.4 Å². The molecule has 174 valence electrons. The molecule has 1 aliphatic rings. The van der Waals surface area contributed by atoms with E-state index in [-0.39, 0.29) is 17.7 Å². The summed E-state index contributed by atoms with van der Waals surface area (Å²) in [7, 11) is 1.58. The van der Waals surface area contributed by atoms with Gasteiger partial charge in [0, 0.05) is 11.8 Å². The molecule has 3 aromatic carbocycles. The second-order valence-corrected chi connectivity index (χ2v) is 8.26. The number of anilines is 2. The highest BCUT2D eigenvalue weighted by Crippen LogP contribution is 2.35. The summed E-state index contributed by atoms with van der Waals surface area (Å²) in [6, 6.07) is 21.9. The number of aryl methyl sites for hydroxylation is 1. The zero-order valence-corrected chi connectivity index (χ0v) is 19.8. The Labute approximate surface area is 199 Å². The van der Waals surface area contributed by atoms with Gasteiger partial charge >= 0.3 is 0 Å². The molecule has 3 aromatic rings. The molecule has 0 bridgehead atoms. The first kappa shape index (κ1) is 23.1. The molecule has 1 aliphatic heterocycles. The summed E-state index contributed by atoms with van der Waals surface area (Å²) in [4.78, 5) is 28.4. The average Bonchev–Trinajstić information content (AvgIpc) is 3.08. The minimum atomic E-state index is -0.408. The van der Waals surface area contributed by atoms with Gasteiger partial charge in [0.25, 0.3) is 11.8 Å². The van der Waals surface area contributed by atoms with Crippen LogP contribution < -0.4 is 19.7 Å². The van der Waals surface area contributed by atoms with Crippen LogP contribution in [0.1, 0.15) is 31.9 Å². The van der Waals surface area contributed by atoms with Crippen LogP contribution in [-0.4, -0.2) is 25.0 Å². The number of benzene rings is 3. The number of imide groups is 1. The number of ether oxygens (including phenoxy) is 2. The Morgan fingerprint density at radius 2 is 1.59 bits per heavy atom. The van der Waals surface area contributed by atoms with Gasteiger partial charge in [0.15, 0.2) is 0 Å². The van der Waals surface area contributed by atoms with Crippen LogP contribution in [0.5, 0.6) is 11.5 Å². The smallest absolute Gasteiger partial charge is 0.282 e. The van der Waals surface area contributed by atoms with Gasteiger partial charge in [-0.1, -0.05) is 37.3 Å². The fraction of sp³-hybridized carbons (Fsp3) is 0.214. The van der Waals surface area contributed by atoms with Crippen molar-refractivity contribution in [3.8, 4) is 11.5 Å². The molecule has 0 fully saturated rings. The first-order valence-electron chi connectivity index (χ1n) is 11.3. The molecule has 0 aliphatic carbocycles. The van der Waals surface area contributed by atoms with Gasteiger partial charge < -0.3 is 14.8 Å². The standard InChI is InChI=1S/C28H28N2O4/c1-5-19-9-13-22(14-10-19)30-27(31)25(20-11-15-23(16-12-20)34-18(2)3)26(28(30)32)29-21-7-6-8-24(17-21)33-4/h6-18,29H,5H2,1-4H3. The minimum Gasteiger partial charge on any atom is -0.497 e. The van der Waals surface area contributed by atoms with Crippen molar-refractivity contribution >= 4 is 28.8 Å². The van der Waals surface area contributed by atoms with E-state index in [9.17, 15) is 9.59 Å². The van der Waals surface area contributed by atoms with E-state index in [1.807, 2.05) is 56.3 Å². The van der Waals surface area contributed by atoms with Crippen molar-refractivity contribution in [2.45, 2.75) is 33.3 Å². The summed E-state index contributed by atoms with van der Waals surface area (Å²) in [5.41, 5.74) is 3.47. The largest absolute Gasteiger partial charge is 0.497 e. The topological polar surface area (TPSA) is 67.9 Å². The first-order chi connectivity index (χ1) is 16.4. The predicted octanol–water partition coefficient (Wildman–Crippen LogP) is 5.44. The third kappa shape index (κ3) is 4.66. The predicted molar refractivity (Wildman–Crippen MR) is 134 cm³/mol. The van der Waals surface area contributed by atoms with Crippen LogP contribution in [0.15, 0.2) is 78.5 Å². The highest BCUT2D eigenvalue weighted by molar-refractivity contribution is 6.46. The molecular weight excluding hydrogens is 428 g/mol. The van der Waals surface area contributed by atoms with E-state index in [0.717, 1.165) is 12.0 Å². The number of amides is 2. The Kier molecular flexibility index (Phi) is 6.68. The van der Waals surface area contributed by atoms with E-state index < -0.39 is 5.91 Å². The Balaban J connectivity index is 1.76. The van der Waals surface area contributed by atoms with Crippen molar-refractivity contribution in [3.05, 3.63) is 89.6 Å². The van der Waals surface area contributed by atoms with Gasteiger partial charge in [0.1, 0.15) is 17.2 Å². The monoisotopic (exact) mass is 456 g/mol. The van der Waals surface area contributed by atoms with E-state index in [2.05, 4.69) is 12.2 Å². The van der Waals surface area contributed by atoms with Gasteiger partial charge in [0.2, 0.25) is 0 Å². The number of methoxy groups -OCH3 is 1. The lowest BCUT2D eigenvalue weighted by Crippen LogP contribution is -2.32. The lowest BCUT2D eigenvalue weighted by Gasteiger charge is -2.16. The summed E-state index contributed by atoms with van der Waals surface area (Å²) in [5.74, 6) is 0.559. The molecule has 1 N–H and O–H groups in total. The van der Waals surface area contributed by atoms with Crippen molar-refractivity contribution in [2.75, 3.05) is 17.3 Å². The lowest BCUT2D eigenvalue weighted by atomic mass is 10.0. The zero-order chi connectivity index (χ0) is 24.2. The van der Waals surface area contributed by atoms with E-state index in [4.69, 9.17) is 9.47 Å². The molecule has 0 saturated carbocycles. The fourth-order valence-electron chi connectivity index (χ4n) is 3.85. The van der Waals surface area contributed by atoms with Crippen LogP contribution >= 0.6 is 0 Å². The molecule has 6 heteroatoms. The number of nitrogens with one attached hydrogen (secondary N) is 1. The third-order valence-electron chi connectivity index (χ3n) is 5.54. The minimum absolute atomic E-state index is 0.0339. The van der Waals surface area contributed by atoms with Crippen molar-refractivity contribution in [1.82, 2.24) is 0 Å². The van der Waals surface area contributed by atoms with E-state index in [1.165, 1.54) is 4.90 Å². The van der Waals surface area contributed by atoms with Crippen LogP contribution in [0.3, 0.4) is 0 Å². The van der Waals surface area contributed by atoms with Crippen LogP contribution in [-0.2, 0) is 16.0 Å². The van der Waals surface area contributed by atoms with E-state index >= 15 is 0 Å². The SMILES string of the molecule is CCc1ccc(N2C(=O)C(Nc3cccc(OC)c3)=C(c3ccc(OC(C)C)cc3)C2=O)cc1. The fourth-order valence-corrected chi connectivity index (χ4v) is 3.85. The van der Waals surface area contributed by atoms with Gasteiger partial charge in [-0.2, -0.15) is 0 Å². The molecule has 2 amide bonds. The van der Waals surface area contributed by atoms with Crippen molar-refractivity contribution < 1.29 is 19.1 Å². The van der Waals surface area contributed by atoms with Gasteiger partial charge in [-0.3, -0.25) is 9.59 Å². The molecule has 34 heavy (non-hydrogen) atoms. The van der Waals surface area contributed by atoms with Crippen molar-refractivity contribution in [2.24, 2.45) is 0 Å². The molecule has 4 rings (SSSR count). The van der Waals surface area contributed by atoms with Crippen molar-refractivity contribution in [1.29, 1.82) is 0 Å². The Morgan fingerprint density at radius 3 is 2.21 bits per heavy atom. The summed E-state index contributed by atoms with van der Waals surface area (Å²) in [5, 5.41) is 3.17. The molecule has 0 aromatic heterocycles. The highest BCUT2D eigenvalue weighted by atomic mass is 16.5. The second-order valence-electron chi connectivity index (χ2n) is 8.26. The number of carbonyl (C=O) groups excluding carboxylic acids is 2. The maximum Gasteiger partial charge on any atom is 0.282 e. The molecular formula is C28H28N2O4. The van der Waals surface area contributed by atoms with Gasteiger partial charge in [-0.25, -0.2) is 4.90 Å². The number of hydrogen-bond acceptors (Lipinski definition) is 5. The number of nitrogens with zero attached hydrogens (tertiary/aromatic N) is 1. The molecule has 0 radical (unpaired) electrons. The van der Waals surface area contributed by atoms with Crippen LogP contribution in [0, 0.1) is 0 Å². The van der Waals surface area contributed by atoms with E-state index in [1.54, 1.807) is 37.4 Å².